The van der Waals surface area contributed by atoms with Gasteiger partial charge in [-0.25, -0.2) is 4.39 Å². The lowest BCUT2D eigenvalue weighted by molar-refractivity contribution is 0.102. The van der Waals surface area contributed by atoms with Crippen molar-refractivity contribution in [1.29, 1.82) is 0 Å². The van der Waals surface area contributed by atoms with Crippen LogP contribution >= 0.6 is 11.3 Å². The van der Waals surface area contributed by atoms with E-state index in [1.54, 1.807) is 13.0 Å². The van der Waals surface area contributed by atoms with E-state index in [-0.39, 0.29) is 16.7 Å². The molecule has 0 atom stereocenters. The number of amides is 1. The van der Waals surface area contributed by atoms with Crippen LogP contribution in [0.15, 0.2) is 18.2 Å². The van der Waals surface area contributed by atoms with E-state index in [9.17, 15) is 9.18 Å². The molecule has 2 rings (SSSR count). The Hall–Kier alpha value is -2.02. The number of aryl methyl sites for hydroxylation is 1. The minimum absolute atomic E-state index is 0.269. The molecule has 1 amide bonds. The van der Waals surface area contributed by atoms with Gasteiger partial charge in [-0.1, -0.05) is 18.3 Å². The Labute approximate surface area is 120 Å². The summed E-state index contributed by atoms with van der Waals surface area (Å²) < 4.78 is 13.1. The van der Waals surface area contributed by atoms with Crippen molar-refractivity contribution in [3.63, 3.8) is 0 Å². The molecule has 5 nitrogen and oxygen atoms in total. The maximum atomic E-state index is 13.1. The average molecular weight is 294 g/mol. The molecule has 0 radical (unpaired) electrons. The number of nitrogens with zero attached hydrogens (tertiary/aromatic N) is 2. The average Bonchev–Trinajstić information content (AvgIpc) is 2.89. The molecule has 1 heterocycles. The van der Waals surface area contributed by atoms with E-state index >= 15 is 0 Å². The van der Waals surface area contributed by atoms with Gasteiger partial charge in [0.25, 0.3) is 5.91 Å². The van der Waals surface area contributed by atoms with Crippen LogP contribution < -0.4 is 10.6 Å². The Balaban J connectivity index is 2.03. The molecule has 0 aliphatic carbocycles. The number of halogens is 1. The highest BCUT2D eigenvalue weighted by atomic mass is 32.1. The zero-order valence-corrected chi connectivity index (χ0v) is 12.1. The molecule has 0 saturated heterocycles. The number of hydrogen-bond donors (Lipinski definition) is 2. The SMILES string of the molecule is CCCNc1nnc(C(=O)Nc2ccc(F)c(C)c2)s1. The molecule has 0 saturated carbocycles. The zero-order chi connectivity index (χ0) is 14.5. The molecule has 2 N–H and O–H groups in total. The first kappa shape index (κ1) is 14.4. The monoisotopic (exact) mass is 294 g/mol. The van der Waals surface area contributed by atoms with Crippen molar-refractivity contribution in [2.45, 2.75) is 20.3 Å². The Bertz CT molecular complexity index is 614. The van der Waals surface area contributed by atoms with E-state index in [2.05, 4.69) is 20.8 Å². The number of nitrogens with one attached hydrogen (secondary N) is 2. The number of rotatable bonds is 5. The Morgan fingerprint density at radius 3 is 2.90 bits per heavy atom. The van der Waals surface area contributed by atoms with Gasteiger partial charge in [-0.15, -0.1) is 10.2 Å². The molecule has 1 aromatic heterocycles. The molecule has 0 unspecified atom stereocenters. The number of aromatic nitrogens is 2. The van der Waals surface area contributed by atoms with Crippen LogP contribution in [0.1, 0.15) is 28.7 Å². The van der Waals surface area contributed by atoms with Gasteiger partial charge in [0.1, 0.15) is 5.82 Å². The summed E-state index contributed by atoms with van der Waals surface area (Å²) in [4.78, 5) is 12.0. The third-order valence-corrected chi connectivity index (χ3v) is 3.44. The van der Waals surface area contributed by atoms with E-state index in [1.165, 1.54) is 23.5 Å². The highest BCUT2D eigenvalue weighted by molar-refractivity contribution is 7.17. The molecule has 0 fully saturated rings. The fraction of sp³-hybridized carbons (Fsp3) is 0.308. The number of benzene rings is 1. The first-order valence-corrected chi connectivity index (χ1v) is 7.06. The van der Waals surface area contributed by atoms with Gasteiger partial charge in [0, 0.05) is 12.2 Å². The molecule has 20 heavy (non-hydrogen) atoms. The number of carbonyl (C=O) groups is 1. The fourth-order valence-electron chi connectivity index (χ4n) is 1.53. The summed E-state index contributed by atoms with van der Waals surface area (Å²) >= 11 is 1.19. The Morgan fingerprint density at radius 2 is 2.20 bits per heavy atom. The molecule has 106 valence electrons. The molecule has 0 spiro atoms. The van der Waals surface area contributed by atoms with Crippen molar-refractivity contribution in [1.82, 2.24) is 10.2 Å². The molecule has 2 aromatic rings. The van der Waals surface area contributed by atoms with Crippen LogP contribution in [-0.2, 0) is 0 Å². The van der Waals surface area contributed by atoms with E-state index < -0.39 is 0 Å². The van der Waals surface area contributed by atoms with Crippen molar-refractivity contribution in [2.24, 2.45) is 0 Å². The van der Waals surface area contributed by atoms with Crippen LogP contribution in [0, 0.1) is 12.7 Å². The van der Waals surface area contributed by atoms with Gasteiger partial charge < -0.3 is 10.6 Å². The van der Waals surface area contributed by atoms with Crippen LogP contribution in [0.5, 0.6) is 0 Å². The summed E-state index contributed by atoms with van der Waals surface area (Å²) in [5.74, 6) is -0.650. The zero-order valence-electron chi connectivity index (χ0n) is 11.2. The second kappa shape index (κ2) is 6.42. The summed E-state index contributed by atoms with van der Waals surface area (Å²) in [6.45, 7) is 4.47. The highest BCUT2D eigenvalue weighted by Gasteiger charge is 2.13. The largest absolute Gasteiger partial charge is 0.360 e. The van der Waals surface area contributed by atoms with Crippen molar-refractivity contribution in [3.8, 4) is 0 Å². The van der Waals surface area contributed by atoms with Crippen LogP contribution in [-0.4, -0.2) is 22.6 Å². The molecule has 0 aliphatic rings. The molecule has 1 aromatic carbocycles. The topological polar surface area (TPSA) is 66.9 Å². The lowest BCUT2D eigenvalue weighted by atomic mass is 10.2. The third kappa shape index (κ3) is 3.51. The predicted octanol–water partition coefficient (Wildman–Crippen LogP) is 3.06. The third-order valence-electron chi connectivity index (χ3n) is 2.56. The first-order valence-electron chi connectivity index (χ1n) is 6.25. The molecular weight excluding hydrogens is 279 g/mol. The predicted molar refractivity (Wildman–Crippen MR) is 77.8 cm³/mol. The number of carbonyl (C=O) groups excluding carboxylic acids is 1. The van der Waals surface area contributed by atoms with Gasteiger partial charge in [-0.05, 0) is 37.1 Å². The minimum Gasteiger partial charge on any atom is -0.360 e. The summed E-state index contributed by atoms with van der Waals surface area (Å²) in [7, 11) is 0. The van der Waals surface area contributed by atoms with E-state index in [0.29, 0.717) is 16.4 Å². The molecule has 0 aliphatic heterocycles. The van der Waals surface area contributed by atoms with Crippen LogP contribution in [0.4, 0.5) is 15.2 Å². The lowest BCUT2D eigenvalue weighted by Gasteiger charge is -2.04. The summed E-state index contributed by atoms with van der Waals surface area (Å²) in [6.07, 6.45) is 0.968. The van der Waals surface area contributed by atoms with Gasteiger partial charge in [0.2, 0.25) is 10.1 Å². The minimum atomic E-state index is -0.349. The number of anilines is 2. The maximum Gasteiger partial charge on any atom is 0.286 e. The second-order valence-corrected chi connectivity index (χ2v) is 5.23. The fourth-order valence-corrected chi connectivity index (χ4v) is 2.19. The molecule has 7 heteroatoms. The smallest absolute Gasteiger partial charge is 0.286 e. The quantitative estimate of drug-likeness (QED) is 0.889. The van der Waals surface area contributed by atoms with E-state index in [4.69, 9.17) is 0 Å². The lowest BCUT2D eigenvalue weighted by Crippen LogP contribution is -2.11. The number of hydrogen-bond acceptors (Lipinski definition) is 5. The van der Waals surface area contributed by atoms with Crippen molar-refractivity contribution in [2.75, 3.05) is 17.2 Å². The standard InChI is InChI=1S/C13H15FN4OS/c1-3-6-15-13-18-17-12(20-13)11(19)16-9-4-5-10(14)8(2)7-9/h4-5,7H,3,6H2,1-2H3,(H,15,18)(H,16,19). The molecule has 0 bridgehead atoms. The maximum absolute atomic E-state index is 13.1. The van der Waals surface area contributed by atoms with Gasteiger partial charge in [-0.2, -0.15) is 0 Å². The highest BCUT2D eigenvalue weighted by Crippen LogP contribution is 2.18. The second-order valence-electron chi connectivity index (χ2n) is 4.26. The normalized spacial score (nSPS) is 10.3. The van der Waals surface area contributed by atoms with Crippen LogP contribution in [0.2, 0.25) is 0 Å². The first-order chi connectivity index (χ1) is 9.60. The summed E-state index contributed by atoms with van der Waals surface area (Å²) in [5, 5.41) is 14.3. The Kier molecular flexibility index (Phi) is 4.62. The summed E-state index contributed by atoms with van der Waals surface area (Å²) in [5.41, 5.74) is 1.01. The van der Waals surface area contributed by atoms with Gasteiger partial charge in [0.15, 0.2) is 0 Å². The van der Waals surface area contributed by atoms with Crippen molar-refractivity contribution < 1.29 is 9.18 Å². The summed E-state index contributed by atoms with van der Waals surface area (Å²) in [6, 6.07) is 4.40. The van der Waals surface area contributed by atoms with Gasteiger partial charge in [0.05, 0.1) is 0 Å². The van der Waals surface area contributed by atoms with Crippen LogP contribution in [0.3, 0.4) is 0 Å². The Morgan fingerprint density at radius 1 is 1.40 bits per heavy atom. The van der Waals surface area contributed by atoms with Crippen molar-refractivity contribution in [3.05, 3.63) is 34.6 Å². The van der Waals surface area contributed by atoms with Crippen LogP contribution in [0.25, 0.3) is 0 Å². The van der Waals surface area contributed by atoms with Crippen molar-refractivity contribution >= 4 is 28.1 Å². The van der Waals surface area contributed by atoms with E-state index in [1.807, 2.05) is 6.92 Å². The van der Waals surface area contributed by atoms with Gasteiger partial charge >= 0.3 is 0 Å². The van der Waals surface area contributed by atoms with Gasteiger partial charge in [-0.3, -0.25) is 4.79 Å². The molecular formula is C13H15FN4OS. The van der Waals surface area contributed by atoms with E-state index in [0.717, 1.165) is 13.0 Å².